The first-order valence-electron chi connectivity index (χ1n) is 5.21. The zero-order valence-corrected chi connectivity index (χ0v) is 9.58. The molecule has 0 aliphatic carbocycles. The van der Waals surface area contributed by atoms with E-state index >= 15 is 0 Å². The second-order valence-electron chi connectivity index (χ2n) is 4.14. The van der Waals surface area contributed by atoms with Gasteiger partial charge >= 0.3 is 0 Å². The molecule has 15 heavy (non-hydrogen) atoms. The summed E-state index contributed by atoms with van der Waals surface area (Å²) < 4.78 is 0. The molecule has 0 aromatic carbocycles. The Morgan fingerprint density at radius 2 is 2.20 bits per heavy atom. The molecule has 1 heterocycles. The summed E-state index contributed by atoms with van der Waals surface area (Å²) in [4.78, 5) is 16.2. The number of aryl methyl sites for hydroxylation is 1. The van der Waals surface area contributed by atoms with Gasteiger partial charge in [0.1, 0.15) is 0 Å². The van der Waals surface area contributed by atoms with Crippen molar-refractivity contribution < 1.29 is 4.79 Å². The standard InChI is InChI=1S/C12H18N2O/c1-4-12(3,8-13)11(15)10-6-5-9(2)14-7-10/h5-7H,4,8,13H2,1-3H3. The third-order valence-corrected chi connectivity index (χ3v) is 2.95. The van der Waals surface area contributed by atoms with E-state index in [1.807, 2.05) is 32.9 Å². The maximum absolute atomic E-state index is 12.1. The van der Waals surface area contributed by atoms with Crippen LogP contribution >= 0.6 is 0 Å². The minimum atomic E-state index is -0.461. The van der Waals surface area contributed by atoms with Gasteiger partial charge in [-0.1, -0.05) is 13.8 Å². The Labute approximate surface area is 90.7 Å². The van der Waals surface area contributed by atoms with E-state index in [0.29, 0.717) is 12.1 Å². The molecule has 1 atom stereocenters. The summed E-state index contributed by atoms with van der Waals surface area (Å²) in [7, 11) is 0. The zero-order valence-electron chi connectivity index (χ0n) is 9.58. The summed E-state index contributed by atoms with van der Waals surface area (Å²) in [6.45, 7) is 6.15. The van der Waals surface area contributed by atoms with Crippen LogP contribution in [-0.4, -0.2) is 17.3 Å². The van der Waals surface area contributed by atoms with Crippen LogP contribution in [0.5, 0.6) is 0 Å². The highest BCUT2D eigenvalue weighted by molar-refractivity contribution is 6.00. The van der Waals surface area contributed by atoms with Crippen molar-refractivity contribution in [3.05, 3.63) is 29.6 Å². The van der Waals surface area contributed by atoms with Gasteiger partial charge in [-0.25, -0.2) is 0 Å². The summed E-state index contributed by atoms with van der Waals surface area (Å²) in [5.41, 5.74) is 6.75. The highest BCUT2D eigenvalue weighted by Gasteiger charge is 2.30. The van der Waals surface area contributed by atoms with Crippen LogP contribution in [0.3, 0.4) is 0 Å². The van der Waals surface area contributed by atoms with Gasteiger partial charge in [-0.15, -0.1) is 0 Å². The highest BCUT2D eigenvalue weighted by Crippen LogP contribution is 2.24. The van der Waals surface area contributed by atoms with Crippen LogP contribution in [0, 0.1) is 12.3 Å². The first-order chi connectivity index (χ1) is 7.03. The first-order valence-corrected chi connectivity index (χ1v) is 5.21. The summed E-state index contributed by atoms with van der Waals surface area (Å²) in [6.07, 6.45) is 2.37. The normalized spacial score (nSPS) is 14.7. The molecule has 0 radical (unpaired) electrons. The molecule has 0 fully saturated rings. The largest absolute Gasteiger partial charge is 0.329 e. The smallest absolute Gasteiger partial charge is 0.171 e. The highest BCUT2D eigenvalue weighted by atomic mass is 16.1. The van der Waals surface area contributed by atoms with Crippen molar-refractivity contribution in [2.45, 2.75) is 27.2 Å². The SMILES string of the molecule is CCC(C)(CN)C(=O)c1ccc(C)nc1. The van der Waals surface area contributed by atoms with Crippen molar-refractivity contribution in [1.82, 2.24) is 4.98 Å². The first kappa shape index (κ1) is 11.9. The van der Waals surface area contributed by atoms with E-state index in [1.165, 1.54) is 0 Å². The van der Waals surface area contributed by atoms with Crippen LogP contribution in [0.1, 0.15) is 36.3 Å². The van der Waals surface area contributed by atoms with Crippen LogP contribution in [-0.2, 0) is 0 Å². The molecule has 3 heteroatoms. The molecule has 0 amide bonds. The Bertz CT molecular complexity index is 339. The fraction of sp³-hybridized carbons (Fsp3) is 0.500. The quantitative estimate of drug-likeness (QED) is 0.766. The molecule has 0 aliphatic rings. The van der Waals surface area contributed by atoms with E-state index < -0.39 is 5.41 Å². The van der Waals surface area contributed by atoms with Gasteiger partial charge in [0, 0.05) is 29.4 Å². The van der Waals surface area contributed by atoms with Crippen molar-refractivity contribution in [1.29, 1.82) is 0 Å². The number of pyridine rings is 1. The molecular formula is C12H18N2O. The second kappa shape index (κ2) is 4.53. The predicted octanol–water partition coefficient (Wildman–Crippen LogP) is 1.95. The second-order valence-corrected chi connectivity index (χ2v) is 4.14. The van der Waals surface area contributed by atoms with Gasteiger partial charge in [0.15, 0.2) is 5.78 Å². The Kier molecular flexibility index (Phi) is 3.58. The number of ketones is 1. The fourth-order valence-electron chi connectivity index (χ4n) is 1.35. The lowest BCUT2D eigenvalue weighted by Crippen LogP contribution is -2.35. The van der Waals surface area contributed by atoms with E-state index in [1.54, 1.807) is 6.20 Å². The molecule has 0 aliphatic heterocycles. The Morgan fingerprint density at radius 1 is 1.53 bits per heavy atom. The Balaban J connectivity index is 2.98. The van der Waals surface area contributed by atoms with Crippen LogP contribution in [0.15, 0.2) is 18.3 Å². The van der Waals surface area contributed by atoms with E-state index in [0.717, 1.165) is 12.1 Å². The number of carbonyl (C=O) groups excluding carboxylic acids is 1. The number of hydrogen-bond donors (Lipinski definition) is 1. The maximum atomic E-state index is 12.1. The van der Waals surface area contributed by atoms with Crippen molar-refractivity contribution in [2.75, 3.05) is 6.54 Å². The van der Waals surface area contributed by atoms with Crippen molar-refractivity contribution in [2.24, 2.45) is 11.1 Å². The molecule has 1 aromatic heterocycles. The molecule has 0 saturated heterocycles. The fourth-order valence-corrected chi connectivity index (χ4v) is 1.35. The number of nitrogens with two attached hydrogens (primary N) is 1. The maximum Gasteiger partial charge on any atom is 0.171 e. The summed E-state index contributed by atoms with van der Waals surface area (Å²) in [5, 5.41) is 0. The molecule has 1 aromatic rings. The number of nitrogens with zero attached hydrogens (tertiary/aromatic N) is 1. The number of aromatic nitrogens is 1. The van der Waals surface area contributed by atoms with E-state index in [9.17, 15) is 4.79 Å². The molecule has 0 saturated carbocycles. The van der Waals surface area contributed by atoms with Gasteiger partial charge in [0.25, 0.3) is 0 Å². The molecule has 1 rings (SSSR count). The third-order valence-electron chi connectivity index (χ3n) is 2.95. The molecule has 2 N–H and O–H groups in total. The van der Waals surface area contributed by atoms with Crippen LogP contribution < -0.4 is 5.73 Å². The number of carbonyl (C=O) groups is 1. The lowest BCUT2D eigenvalue weighted by Gasteiger charge is -2.24. The van der Waals surface area contributed by atoms with Gasteiger partial charge in [0.2, 0.25) is 0 Å². The summed E-state index contributed by atoms with van der Waals surface area (Å²) in [5.74, 6) is 0.0833. The lowest BCUT2D eigenvalue weighted by molar-refractivity contribution is 0.0820. The lowest BCUT2D eigenvalue weighted by atomic mass is 9.80. The molecule has 3 nitrogen and oxygen atoms in total. The van der Waals surface area contributed by atoms with Gasteiger partial charge in [-0.05, 0) is 25.5 Å². The molecule has 0 bridgehead atoms. The minimum absolute atomic E-state index is 0.0833. The minimum Gasteiger partial charge on any atom is -0.329 e. The average molecular weight is 206 g/mol. The van der Waals surface area contributed by atoms with Crippen LogP contribution in [0.4, 0.5) is 0 Å². The van der Waals surface area contributed by atoms with Gasteiger partial charge in [-0.2, -0.15) is 0 Å². The van der Waals surface area contributed by atoms with E-state index in [-0.39, 0.29) is 5.78 Å². The van der Waals surface area contributed by atoms with Crippen molar-refractivity contribution in [3.8, 4) is 0 Å². The summed E-state index contributed by atoms with van der Waals surface area (Å²) >= 11 is 0. The molecule has 1 unspecified atom stereocenters. The zero-order chi connectivity index (χ0) is 11.5. The molecular weight excluding hydrogens is 188 g/mol. The predicted molar refractivity (Wildman–Crippen MR) is 60.8 cm³/mol. The third kappa shape index (κ3) is 2.42. The van der Waals surface area contributed by atoms with Crippen molar-refractivity contribution >= 4 is 5.78 Å². The number of Topliss-reactive ketones (excluding diaryl/α,β-unsaturated/α-hetero) is 1. The van der Waals surface area contributed by atoms with E-state index in [4.69, 9.17) is 5.73 Å². The van der Waals surface area contributed by atoms with Crippen LogP contribution in [0.2, 0.25) is 0 Å². The Hall–Kier alpha value is -1.22. The molecule has 0 spiro atoms. The van der Waals surface area contributed by atoms with Gasteiger partial charge < -0.3 is 5.73 Å². The van der Waals surface area contributed by atoms with E-state index in [2.05, 4.69) is 4.98 Å². The average Bonchev–Trinajstić information content (AvgIpc) is 2.28. The van der Waals surface area contributed by atoms with Gasteiger partial charge in [-0.3, -0.25) is 9.78 Å². The van der Waals surface area contributed by atoms with Crippen molar-refractivity contribution in [3.63, 3.8) is 0 Å². The summed E-state index contributed by atoms with van der Waals surface area (Å²) in [6, 6.07) is 3.66. The Morgan fingerprint density at radius 3 is 2.60 bits per heavy atom. The monoisotopic (exact) mass is 206 g/mol. The number of rotatable bonds is 4. The molecule has 82 valence electrons. The topological polar surface area (TPSA) is 56.0 Å². The van der Waals surface area contributed by atoms with Crippen LogP contribution in [0.25, 0.3) is 0 Å². The van der Waals surface area contributed by atoms with Gasteiger partial charge in [0.05, 0.1) is 0 Å². The number of hydrogen-bond acceptors (Lipinski definition) is 3.